The first-order chi connectivity index (χ1) is 10.5. The van der Waals surface area contributed by atoms with E-state index >= 15 is 0 Å². The van der Waals surface area contributed by atoms with E-state index in [4.69, 9.17) is 0 Å². The average molecular weight is 298 g/mol. The minimum atomic E-state index is -0.509. The van der Waals surface area contributed by atoms with Crippen LogP contribution in [0.4, 0.5) is 27.5 Å². The zero-order valence-corrected chi connectivity index (χ0v) is 11.5. The molecule has 0 aromatic heterocycles. The van der Waals surface area contributed by atoms with Crippen molar-refractivity contribution in [3.8, 4) is 11.5 Å². The first-order valence-electron chi connectivity index (χ1n) is 6.48. The number of amides is 2. The molecular weight excluding hydrogens is 284 g/mol. The number of benzene rings is 2. The van der Waals surface area contributed by atoms with Crippen LogP contribution in [0.25, 0.3) is 0 Å². The lowest BCUT2D eigenvalue weighted by Crippen LogP contribution is -2.19. The van der Waals surface area contributed by atoms with Gasteiger partial charge in [-0.15, -0.1) is 0 Å². The number of phenolic OH excluding ortho intramolecular Hbond substituents is 2. The summed E-state index contributed by atoms with van der Waals surface area (Å²) in [6, 6.07) is 8.72. The molecule has 0 saturated carbocycles. The zero-order chi connectivity index (χ0) is 15.7. The molecule has 0 radical (unpaired) electrons. The summed E-state index contributed by atoms with van der Waals surface area (Å²) in [5, 5.41) is 30.1. The van der Waals surface area contributed by atoms with Crippen molar-refractivity contribution >= 4 is 28.8 Å². The molecule has 0 aliphatic carbocycles. The lowest BCUT2D eigenvalue weighted by atomic mass is 10.2. The number of nitrogens with one attached hydrogen (secondary N) is 4. The number of rotatable bonds is 2. The molecule has 1 aliphatic heterocycles. The smallest absolute Gasteiger partial charge is 0.323 e. The van der Waals surface area contributed by atoms with Crippen molar-refractivity contribution in [1.29, 1.82) is 0 Å². The molecule has 112 valence electrons. The topological polar surface area (TPSA) is 106 Å². The van der Waals surface area contributed by atoms with Crippen LogP contribution < -0.4 is 21.3 Å². The van der Waals surface area contributed by atoms with Crippen molar-refractivity contribution in [2.75, 3.05) is 21.3 Å². The van der Waals surface area contributed by atoms with Crippen LogP contribution in [0.15, 0.2) is 48.8 Å². The number of hydrogen-bond donors (Lipinski definition) is 6. The summed E-state index contributed by atoms with van der Waals surface area (Å²) < 4.78 is 0. The molecule has 0 unspecified atom stereocenters. The van der Waals surface area contributed by atoms with Gasteiger partial charge in [0, 0.05) is 11.8 Å². The van der Waals surface area contributed by atoms with Gasteiger partial charge in [-0.2, -0.15) is 0 Å². The Morgan fingerprint density at radius 1 is 1.00 bits per heavy atom. The monoisotopic (exact) mass is 298 g/mol. The molecule has 2 aromatic rings. The highest BCUT2D eigenvalue weighted by Gasteiger charge is 2.13. The molecule has 0 spiro atoms. The van der Waals surface area contributed by atoms with E-state index in [9.17, 15) is 15.0 Å². The molecule has 7 nitrogen and oxygen atoms in total. The Morgan fingerprint density at radius 3 is 2.55 bits per heavy atom. The fourth-order valence-corrected chi connectivity index (χ4v) is 2.10. The Bertz CT molecular complexity index is 773. The molecule has 22 heavy (non-hydrogen) atoms. The predicted molar refractivity (Wildman–Crippen MR) is 85.2 cm³/mol. The van der Waals surface area contributed by atoms with E-state index in [2.05, 4.69) is 27.8 Å². The van der Waals surface area contributed by atoms with Gasteiger partial charge in [0.1, 0.15) is 17.3 Å². The summed E-state index contributed by atoms with van der Waals surface area (Å²) in [6.45, 7) is 3.76. The molecule has 1 heterocycles. The molecule has 2 aromatic carbocycles. The molecular formula is C15H14N4O3. The second-order valence-electron chi connectivity index (χ2n) is 4.77. The fourth-order valence-electron chi connectivity index (χ4n) is 2.10. The highest BCUT2D eigenvalue weighted by atomic mass is 16.3. The molecule has 1 aliphatic rings. The molecule has 6 N–H and O–H groups in total. The van der Waals surface area contributed by atoms with Crippen LogP contribution in [0.3, 0.4) is 0 Å². The Kier molecular flexibility index (Phi) is 3.23. The maximum Gasteiger partial charge on any atom is 0.323 e. The Hall–Kier alpha value is -3.35. The predicted octanol–water partition coefficient (Wildman–Crippen LogP) is 3.05. The molecule has 0 bridgehead atoms. The quantitative estimate of drug-likeness (QED) is 0.377. The summed E-state index contributed by atoms with van der Waals surface area (Å²) in [4.78, 5) is 11.9. The van der Waals surface area contributed by atoms with E-state index in [-0.39, 0.29) is 17.2 Å². The maximum atomic E-state index is 11.9. The van der Waals surface area contributed by atoms with Gasteiger partial charge in [-0.05, 0) is 30.3 Å². The van der Waals surface area contributed by atoms with Crippen LogP contribution in [0.2, 0.25) is 0 Å². The number of hydrogen-bond acceptors (Lipinski definition) is 5. The Morgan fingerprint density at radius 2 is 1.77 bits per heavy atom. The SMILES string of the molecule is C=C1Nc2ccc(NC(=O)Nc3ccc(O)cc3O)cc2N1. The van der Waals surface area contributed by atoms with Gasteiger partial charge in [-0.3, -0.25) is 0 Å². The number of carbonyl (C=O) groups excluding carboxylic acids is 1. The summed E-state index contributed by atoms with van der Waals surface area (Å²) in [6.07, 6.45) is 0. The second-order valence-corrected chi connectivity index (χ2v) is 4.77. The number of urea groups is 1. The van der Waals surface area contributed by atoms with Gasteiger partial charge in [0.25, 0.3) is 0 Å². The summed E-state index contributed by atoms with van der Waals surface area (Å²) in [5.74, 6) is 0.373. The average Bonchev–Trinajstić information content (AvgIpc) is 2.81. The summed E-state index contributed by atoms with van der Waals surface area (Å²) in [5.41, 5.74) is 2.48. The van der Waals surface area contributed by atoms with Crippen LogP contribution in [0.5, 0.6) is 11.5 Å². The van der Waals surface area contributed by atoms with E-state index in [0.717, 1.165) is 17.4 Å². The van der Waals surface area contributed by atoms with Crippen LogP contribution in [-0.4, -0.2) is 16.2 Å². The van der Waals surface area contributed by atoms with Gasteiger partial charge in [0.05, 0.1) is 17.1 Å². The van der Waals surface area contributed by atoms with Gasteiger partial charge in [-0.1, -0.05) is 6.58 Å². The van der Waals surface area contributed by atoms with Gasteiger partial charge in [0.2, 0.25) is 0 Å². The largest absolute Gasteiger partial charge is 0.508 e. The zero-order valence-electron chi connectivity index (χ0n) is 11.5. The molecule has 0 fully saturated rings. The minimum absolute atomic E-state index is 0.0825. The number of aromatic hydroxyl groups is 2. The third-order valence-electron chi connectivity index (χ3n) is 3.08. The van der Waals surface area contributed by atoms with E-state index < -0.39 is 6.03 Å². The summed E-state index contributed by atoms with van der Waals surface area (Å²) >= 11 is 0. The molecule has 3 rings (SSSR count). The normalized spacial score (nSPS) is 12.1. The third-order valence-corrected chi connectivity index (χ3v) is 3.08. The van der Waals surface area contributed by atoms with Crippen LogP contribution in [0, 0.1) is 0 Å². The minimum Gasteiger partial charge on any atom is -0.508 e. The lowest BCUT2D eigenvalue weighted by molar-refractivity contribution is 0.262. The Balaban J connectivity index is 1.70. The van der Waals surface area contributed by atoms with E-state index in [1.54, 1.807) is 12.1 Å². The van der Waals surface area contributed by atoms with Crippen molar-refractivity contribution < 1.29 is 15.0 Å². The fraction of sp³-hybridized carbons (Fsp3) is 0. The molecule has 2 amide bonds. The van der Waals surface area contributed by atoms with Crippen LogP contribution in [-0.2, 0) is 0 Å². The van der Waals surface area contributed by atoms with Gasteiger partial charge in [-0.25, -0.2) is 4.79 Å². The van der Waals surface area contributed by atoms with E-state index in [1.165, 1.54) is 12.1 Å². The number of carbonyl (C=O) groups is 1. The first kappa shape index (κ1) is 13.6. The number of fused-ring (bicyclic) bond motifs is 1. The van der Waals surface area contributed by atoms with E-state index in [1.807, 2.05) is 6.07 Å². The van der Waals surface area contributed by atoms with Crippen LogP contribution >= 0.6 is 0 Å². The van der Waals surface area contributed by atoms with E-state index in [0.29, 0.717) is 11.5 Å². The number of phenols is 2. The lowest BCUT2D eigenvalue weighted by Gasteiger charge is -2.10. The standard InChI is InChI=1S/C15H14N4O3/c1-8-16-11-4-2-9(6-13(11)17-8)18-15(22)19-12-5-3-10(20)7-14(12)21/h2-7,16-17,20-21H,1H2,(H2,18,19,22). The van der Waals surface area contributed by atoms with Gasteiger partial charge < -0.3 is 31.5 Å². The second kappa shape index (κ2) is 5.21. The van der Waals surface area contributed by atoms with Gasteiger partial charge in [0.15, 0.2) is 0 Å². The van der Waals surface area contributed by atoms with Gasteiger partial charge >= 0.3 is 6.03 Å². The third kappa shape index (κ3) is 2.73. The van der Waals surface area contributed by atoms with Crippen LogP contribution in [0.1, 0.15) is 0 Å². The molecule has 0 atom stereocenters. The Labute approximate surface area is 126 Å². The summed E-state index contributed by atoms with van der Waals surface area (Å²) in [7, 11) is 0. The molecule has 7 heteroatoms. The van der Waals surface area contributed by atoms with Crippen molar-refractivity contribution in [3.63, 3.8) is 0 Å². The van der Waals surface area contributed by atoms with Crippen molar-refractivity contribution in [2.24, 2.45) is 0 Å². The maximum absolute atomic E-state index is 11.9. The number of anilines is 4. The van der Waals surface area contributed by atoms with Crippen molar-refractivity contribution in [2.45, 2.75) is 0 Å². The first-order valence-corrected chi connectivity index (χ1v) is 6.48. The highest BCUT2D eigenvalue weighted by molar-refractivity contribution is 6.01. The van der Waals surface area contributed by atoms with Crippen molar-refractivity contribution in [3.05, 3.63) is 48.8 Å². The molecule has 0 saturated heterocycles. The highest BCUT2D eigenvalue weighted by Crippen LogP contribution is 2.32. The van der Waals surface area contributed by atoms with Crippen molar-refractivity contribution in [1.82, 2.24) is 0 Å².